The van der Waals surface area contributed by atoms with E-state index in [0.717, 1.165) is 15.8 Å². The molecule has 1 saturated heterocycles. The van der Waals surface area contributed by atoms with Crippen molar-refractivity contribution >= 4 is 43.5 Å². The molecular formula is C25H29N3O6S2. The molecule has 0 aliphatic carbocycles. The van der Waals surface area contributed by atoms with Crippen LogP contribution in [-0.4, -0.2) is 62.1 Å². The predicted molar refractivity (Wildman–Crippen MR) is 136 cm³/mol. The molecule has 3 aromatic rings. The second-order valence-electron chi connectivity index (χ2n) is 8.62. The highest BCUT2D eigenvalue weighted by Crippen LogP contribution is 2.24. The Balaban J connectivity index is 1.68. The fourth-order valence-corrected chi connectivity index (χ4v) is 6.36. The van der Waals surface area contributed by atoms with Gasteiger partial charge in [0.15, 0.2) is 4.80 Å². The number of hydrogen-bond donors (Lipinski definition) is 0. The van der Waals surface area contributed by atoms with Crippen molar-refractivity contribution in [2.75, 3.05) is 32.9 Å². The van der Waals surface area contributed by atoms with Crippen LogP contribution in [0, 0.1) is 0 Å². The maximum atomic E-state index is 13.0. The zero-order valence-electron chi connectivity index (χ0n) is 20.5. The van der Waals surface area contributed by atoms with Gasteiger partial charge in [0.1, 0.15) is 6.54 Å². The first-order chi connectivity index (χ1) is 17.2. The Kier molecular flexibility index (Phi) is 8.04. The van der Waals surface area contributed by atoms with Gasteiger partial charge in [-0.25, -0.2) is 8.42 Å². The van der Waals surface area contributed by atoms with Gasteiger partial charge in [0.2, 0.25) is 10.0 Å². The van der Waals surface area contributed by atoms with Crippen LogP contribution in [0.3, 0.4) is 0 Å². The van der Waals surface area contributed by atoms with Crippen molar-refractivity contribution in [2.24, 2.45) is 4.99 Å². The molecule has 0 spiro atoms. The Labute approximate surface area is 214 Å². The number of hydrogen-bond acceptors (Lipinski definition) is 7. The number of ether oxygens (including phenoxy) is 2. The number of fused-ring (bicyclic) bond motifs is 1. The van der Waals surface area contributed by atoms with E-state index in [1.165, 1.54) is 39.9 Å². The molecule has 0 atom stereocenters. The summed E-state index contributed by atoms with van der Waals surface area (Å²) >= 11 is 1.32. The van der Waals surface area contributed by atoms with Crippen LogP contribution in [0.25, 0.3) is 10.2 Å². The molecule has 1 amide bonds. The lowest BCUT2D eigenvalue weighted by Crippen LogP contribution is -2.40. The zero-order valence-corrected chi connectivity index (χ0v) is 22.1. The van der Waals surface area contributed by atoms with E-state index in [4.69, 9.17) is 9.47 Å². The number of carbonyl (C=O) groups is 2. The van der Waals surface area contributed by atoms with Crippen LogP contribution in [0.2, 0.25) is 0 Å². The Morgan fingerprint density at radius 2 is 1.81 bits per heavy atom. The van der Waals surface area contributed by atoms with E-state index >= 15 is 0 Å². The van der Waals surface area contributed by atoms with Crippen LogP contribution in [0.15, 0.2) is 52.4 Å². The number of carbonyl (C=O) groups excluding carboxylic acids is 2. The molecule has 1 fully saturated rings. The number of rotatable bonds is 7. The molecule has 1 aliphatic rings. The average molecular weight is 532 g/mol. The van der Waals surface area contributed by atoms with Gasteiger partial charge in [0, 0.05) is 18.7 Å². The van der Waals surface area contributed by atoms with Gasteiger partial charge in [0.05, 0.1) is 34.9 Å². The summed E-state index contributed by atoms with van der Waals surface area (Å²) in [6.45, 7) is 7.41. The maximum absolute atomic E-state index is 13.0. The lowest BCUT2D eigenvalue weighted by Gasteiger charge is -2.26. The third-order valence-electron chi connectivity index (χ3n) is 5.87. The molecule has 4 rings (SSSR count). The molecule has 0 N–H and O–H groups in total. The second-order valence-corrected chi connectivity index (χ2v) is 11.6. The summed E-state index contributed by atoms with van der Waals surface area (Å²) in [4.78, 5) is 30.1. The van der Waals surface area contributed by atoms with E-state index in [9.17, 15) is 18.0 Å². The van der Waals surface area contributed by atoms with Gasteiger partial charge >= 0.3 is 5.97 Å². The highest BCUT2D eigenvalue weighted by molar-refractivity contribution is 7.89. The first-order valence-corrected chi connectivity index (χ1v) is 14.0. The molecule has 0 bridgehead atoms. The van der Waals surface area contributed by atoms with Gasteiger partial charge in [0.25, 0.3) is 5.91 Å². The number of aromatic nitrogens is 1. The first-order valence-electron chi connectivity index (χ1n) is 11.8. The van der Waals surface area contributed by atoms with Gasteiger partial charge in [-0.1, -0.05) is 31.3 Å². The second kappa shape index (κ2) is 11.0. The zero-order chi connectivity index (χ0) is 25.9. The quantitative estimate of drug-likeness (QED) is 0.434. The minimum absolute atomic E-state index is 0.0717. The molecule has 0 unspecified atom stereocenters. The Morgan fingerprint density at radius 1 is 1.11 bits per heavy atom. The topological polar surface area (TPSA) is 107 Å². The Hall–Kier alpha value is -2.86. The van der Waals surface area contributed by atoms with E-state index in [0.29, 0.717) is 37.0 Å². The highest BCUT2D eigenvalue weighted by Gasteiger charge is 2.26. The van der Waals surface area contributed by atoms with Crippen LogP contribution >= 0.6 is 11.3 Å². The number of morpholine rings is 1. The third-order valence-corrected chi connectivity index (χ3v) is 8.83. The third kappa shape index (κ3) is 5.59. The average Bonchev–Trinajstić information content (AvgIpc) is 3.20. The standard InChI is InChI=1S/C25H29N3O6S2/c1-4-34-23(29)16-28-21-10-7-19(17(2)3)15-22(21)35-25(28)26-24(30)18-5-8-20(9-6-18)36(31,32)27-11-13-33-14-12-27/h5-10,15,17H,4,11-14,16H2,1-3H3. The van der Waals surface area contributed by atoms with Crippen molar-refractivity contribution in [1.29, 1.82) is 0 Å². The predicted octanol–water partition coefficient (Wildman–Crippen LogP) is 3.15. The molecular weight excluding hydrogens is 502 g/mol. The highest BCUT2D eigenvalue weighted by atomic mass is 32.2. The lowest BCUT2D eigenvalue weighted by atomic mass is 10.0. The number of nitrogens with zero attached hydrogens (tertiary/aromatic N) is 3. The summed E-state index contributed by atoms with van der Waals surface area (Å²) in [5.74, 6) is -0.625. The molecule has 2 aromatic carbocycles. The summed E-state index contributed by atoms with van der Waals surface area (Å²) in [6, 6.07) is 11.7. The minimum Gasteiger partial charge on any atom is -0.465 e. The minimum atomic E-state index is -3.66. The van der Waals surface area contributed by atoms with Gasteiger partial charge in [-0.2, -0.15) is 9.30 Å². The van der Waals surface area contributed by atoms with E-state index in [1.807, 2.05) is 18.2 Å². The van der Waals surface area contributed by atoms with Gasteiger partial charge in [-0.3, -0.25) is 9.59 Å². The molecule has 36 heavy (non-hydrogen) atoms. The molecule has 2 heterocycles. The van der Waals surface area contributed by atoms with Crippen LogP contribution in [-0.2, 0) is 30.8 Å². The molecule has 11 heteroatoms. The molecule has 9 nitrogen and oxygen atoms in total. The maximum Gasteiger partial charge on any atom is 0.326 e. The number of benzene rings is 2. The fourth-order valence-electron chi connectivity index (χ4n) is 3.88. The summed E-state index contributed by atoms with van der Waals surface area (Å²) in [5, 5.41) is 0. The number of amides is 1. The monoisotopic (exact) mass is 531 g/mol. The van der Waals surface area contributed by atoms with Crippen molar-refractivity contribution < 1.29 is 27.5 Å². The Morgan fingerprint density at radius 3 is 2.44 bits per heavy atom. The number of sulfonamides is 1. The summed E-state index contributed by atoms with van der Waals surface area (Å²) in [5.41, 5.74) is 2.18. The summed E-state index contributed by atoms with van der Waals surface area (Å²) in [6.07, 6.45) is 0. The van der Waals surface area contributed by atoms with Crippen molar-refractivity contribution in [3.8, 4) is 0 Å². The Bertz CT molecular complexity index is 1430. The van der Waals surface area contributed by atoms with Gasteiger partial charge in [-0.05, 0) is 54.8 Å². The first kappa shape index (κ1) is 26.2. The van der Waals surface area contributed by atoms with Crippen molar-refractivity contribution in [1.82, 2.24) is 8.87 Å². The molecule has 0 saturated carbocycles. The van der Waals surface area contributed by atoms with Crippen molar-refractivity contribution in [3.05, 3.63) is 58.4 Å². The number of thiazole rings is 1. The molecule has 1 aliphatic heterocycles. The SMILES string of the molecule is CCOC(=O)Cn1c(=NC(=O)c2ccc(S(=O)(=O)N3CCOCC3)cc2)sc2cc(C(C)C)ccc21. The van der Waals surface area contributed by atoms with Crippen LogP contribution in [0.5, 0.6) is 0 Å². The molecule has 1 aromatic heterocycles. The largest absolute Gasteiger partial charge is 0.465 e. The van der Waals surface area contributed by atoms with Crippen LogP contribution < -0.4 is 4.80 Å². The number of esters is 1. The van der Waals surface area contributed by atoms with E-state index < -0.39 is 21.9 Å². The van der Waals surface area contributed by atoms with Crippen LogP contribution in [0.4, 0.5) is 0 Å². The van der Waals surface area contributed by atoms with Crippen molar-refractivity contribution in [3.63, 3.8) is 0 Å². The van der Waals surface area contributed by atoms with E-state index in [2.05, 4.69) is 18.8 Å². The summed E-state index contributed by atoms with van der Waals surface area (Å²) in [7, 11) is -3.66. The van der Waals surface area contributed by atoms with E-state index in [1.54, 1.807) is 11.5 Å². The van der Waals surface area contributed by atoms with E-state index in [-0.39, 0.29) is 23.6 Å². The van der Waals surface area contributed by atoms with Gasteiger partial charge in [-0.15, -0.1) is 0 Å². The van der Waals surface area contributed by atoms with Crippen molar-refractivity contribution in [2.45, 2.75) is 38.1 Å². The fraction of sp³-hybridized carbons (Fsp3) is 0.400. The summed E-state index contributed by atoms with van der Waals surface area (Å²) < 4.78 is 40.0. The van der Waals surface area contributed by atoms with Gasteiger partial charge < -0.3 is 14.0 Å². The molecule has 192 valence electrons. The smallest absolute Gasteiger partial charge is 0.326 e. The lowest BCUT2D eigenvalue weighted by molar-refractivity contribution is -0.143. The molecule has 0 radical (unpaired) electrons. The van der Waals surface area contributed by atoms with Crippen LogP contribution in [0.1, 0.15) is 42.6 Å². The normalized spacial score (nSPS) is 15.5.